The predicted octanol–water partition coefficient (Wildman–Crippen LogP) is 3.57. The Morgan fingerprint density at radius 1 is 0.966 bits per heavy atom. The lowest BCUT2D eigenvalue weighted by atomic mass is 10.0. The number of fused-ring (bicyclic) bond motifs is 2. The Bertz CT molecular complexity index is 1140. The largest absolute Gasteiger partial charge is 0.454 e. The smallest absolute Gasteiger partial charge is 0.340 e. The molecule has 0 atom stereocenters. The number of amides is 1. The van der Waals surface area contributed by atoms with Gasteiger partial charge in [-0.3, -0.25) is 9.59 Å². The molecule has 1 aliphatic rings. The SMILES string of the molecule is CC(=O)Nc1cc2ccccc2cc1C(=O)OCC(=O)c1ccc2c(c1)OCO2. The molecule has 1 heterocycles. The third-order valence-corrected chi connectivity index (χ3v) is 4.45. The molecule has 146 valence electrons. The molecule has 29 heavy (non-hydrogen) atoms. The summed E-state index contributed by atoms with van der Waals surface area (Å²) in [5, 5.41) is 4.32. The molecule has 4 rings (SSSR count). The monoisotopic (exact) mass is 391 g/mol. The number of ketones is 1. The number of hydrogen-bond donors (Lipinski definition) is 1. The van der Waals surface area contributed by atoms with Gasteiger partial charge < -0.3 is 19.5 Å². The fraction of sp³-hybridized carbons (Fsp3) is 0.136. The summed E-state index contributed by atoms with van der Waals surface area (Å²) < 4.78 is 15.7. The van der Waals surface area contributed by atoms with Crippen LogP contribution in [0.3, 0.4) is 0 Å². The number of Topliss-reactive ketones (excluding diaryl/α,β-unsaturated/α-hetero) is 1. The van der Waals surface area contributed by atoms with Crippen molar-refractivity contribution in [3.63, 3.8) is 0 Å². The molecule has 0 aliphatic carbocycles. The molecule has 0 fully saturated rings. The summed E-state index contributed by atoms with van der Waals surface area (Å²) >= 11 is 0. The first kappa shape index (κ1) is 18.5. The summed E-state index contributed by atoms with van der Waals surface area (Å²) in [6.07, 6.45) is 0. The van der Waals surface area contributed by atoms with E-state index in [9.17, 15) is 14.4 Å². The van der Waals surface area contributed by atoms with Gasteiger partial charge in [0.05, 0.1) is 11.3 Å². The highest BCUT2D eigenvalue weighted by Gasteiger charge is 2.19. The minimum Gasteiger partial charge on any atom is -0.454 e. The summed E-state index contributed by atoms with van der Waals surface area (Å²) in [4.78, 5) is 36.6. The highest BCUT2D eigenvalue weighted by Crippen LogP contribution is 2.32. The van der Waals surface area contributed by atoms with Crippen molar-refractivity contribution in [1.29, 1.82) is 0 Å². The first-order valence-electron chi connectivity index (χ1n) is 8.91. The molecule has 0 spiro atoms. The van der Waals surface area contributed by atoms with E-state index in [1.54, 1.807) is 30.3 Å². The maximum Gasteiger partial charge on any atom is 0.340 e. The molecule has 0 aromatic heterocycles. The Kier molecular flexibility index (Phi) is 4.87. The maximum atomic E-state index is 12.6. The van der Waals surface area contributed by atoms with Gasteiger partial charge in [-0.05, 0) is 41.1 Å². The first-order valence-corrected chi connectivity index (χ1v) is 8.91. The van der Waals surface area contributed by atoms with Crippen LogP contribution in [-0.4, -0.2) is 31.1 Å². The van der Waals surface area contributed by atoms with Gasteiger partial charge in [-0.15, -0.1) is 0 Å². The van der Waals surface area contributed by atoms with Gasteiger partial charge in [-0.1, -0.05) is 24.3 Å². The van der Waals surface area contributed by atoms with E-state index in [0.29, 0.717) is 22.7 Å². The number of esters is 1. The van der Waals surface area contributed by atoms with Crippen molar-refractivity contribution >= 4 is 34.1 Å². The lowest BCUT2D eigenvalue weighted by molar-refractivity contribution is -0.114. The zero-order valence-corrected chi connectivity index (χ0v) is 15.6. The Morgan fingerprint density at radius 3 is 2.45 bits per heavy atom. The number of hydrogen-bond acceptors (Lipinski definition) is 6. The number of rotatable bonds is 5. The fourth-order valence-electron chi connectivity index (χ4n) is 3.06. The Morgan fingerprint density at radius 2 is 1.69 bits per heavy atom. The van der Waals surface area contributed by atoms with E-state index in [1.165, 1.54) is 6.92 Å². The van der Waals surface area contributed by atoms with Crippen molar-refractivity contribution in [1.82, 2.24) is 0 Å². The summed E-state index contributed by atoms with van der Waals surface area (Å²) in [6.45, 7) is 1.02. The minimum absolute atomic E-state index is 0.107. The van der Waals surface area contributed by atoms with E-state index in [1.807, 2.05) is 24.3 Å². The van der Waals surface area contributed by atoms with Crippen molar-refractivity contribution in [3.8, 4) is 11.5 Å². The topological polar surface area (TPSA) is 90.9 Å². The molecule has 3 aromatic rings. The van der Waals surface area contributed by atoms with E-state index >= 15 is 0 Å². The number of benzene rings is 3. The fourth-order valence-corrected chi connectivity index (χ4v) is 3.06. The molecule has 7 heteroatoms. The van der Waals surface area contributed by atoms with Crippen molar-refractivity contribution in [3.05, 3.63) is 65.7 Å². The lowest BCUT2D eigenvalue weighted by Crippen LogP contribution is -2.17. The molecule has 0 saturated carbocycles. The molecular weight excluding hydrogens is 374 g/mol. The molecule has 1 N–H and O–H groups in total. The van der Waals surface area contributed by atoms with Crippen LogP contribution in [-0.2, 0) is 9.53 Å². The third-order valence-electron chi connectivity index (χ3n) is 4.45. The average molecular weight is 391 g/mol. The highest BCUT2D eigenvalue weighted by molar-refractivity contribution is 6.06. The van der Waals surface area contributed by atoms with Crippen molar-refractivity contribution in [2.24, 2.45) is 0 Å². The molecule has 1 aliphatic heterocycles. The Hall–Kier alpha value is -3.87. The quantitative estimate of drug-likeness (QED) is 0.528. The van der Waals surface area contributed by atoms with Crippen LogP contribution in [0.5, 0.6) is 11.5 Å². The number of nitrogens with one attached hydrogen (secondary N) is 1. The van der Waals surface area contributed by atoms with Crippen LogP contribution in [0.1, 0.15) is 27.6 Å². The van der Waals surface area contributed by atoms with Crippen LogP contribution in [0.4, 0.5) is 5.69 Å². The van der Waals surface area contributed by atoms with Crippen LogP contribution in [0.2, 0.25) is 0 Å². The zero-order valence-electron chi connectivity index (χ0n) is 15.6. The number of ether oxygens (including phenoxy) is 3. The van der Waals surface area contributed by atoms with E-state index in [-0.39, 0.29) is 24.0 Å². The minimum atomic E-state index is -0.700. The normalized spacial score (nSPS) is 11.9. The van der Waals surface area contributed by atoms with Crippen molar-refractivity contribution in [2.75, 3.05) is 18.7 Å². The number of carbonyl (C=O) groups is 3. The van der Waals surface area contributed by atoms with E-state index in [0.717, 1.165) is 10.8 Å². The number of anilines is 1. The summed E-state index contributed by atoms with van der Waals surface area (Å²) in [5.74, 6) is -0.350. The van der Waals surface area contributed by atoms with E-state index in [2.05, 4.69) is 5.32 Å². The predicted molar refractivity (Wildman–Crippen MR) is 105 cm³/mol. The first-order chi connectivity index (χ1) is 14.0. The average Bonchev–Trinajstić information content (AvgIpc) is 3.18. The summed E-state index contributed by atoms with van der Waals surface area (Å²) in [6, 6.07) is 15.5. The summed E-state index contributed by atoms with van der Waals surface area (Å²) in [5.41, 5.74) is 0.858. The maximum absolute atomic E-state index is 12.6. The molecule has 0 bridgehead atoms. The van der Waals surface area contributed by atoms with Gasteiger partial charge in [-0.2, -0.15) is 0 Å². The van der Waals surface area contributed by atoms with Crippen LogP contribution >= 0.6 is 0 Å². The van der Waals surface area contributed by atoms with Crippen LogP contribution in [0.25, 0.3) is 10.8 Å². The second kappa shape index (κ2) is 7.63. The summed E-state index contributed by atoms with van der Waals surface area (Å²) in [7, 11) is 0. The second-order valence-corrected chi connectivity index (χ2v) is 6.49. The van der Waals surface area contributed by atoms with Gasteiger partial charge in [-0.25, -0.2) is 4.79 Å². The van der Waals surface area contributed by atoms with Gasteiger partial charge >= 0.3 is 5.97 Å². The molecule has 1 amide bonds. The van der Waals surface area contributed by atoms with Crippen molar-refractivity contribution in [2.45, 2.75) is 6.92 Å². The van der Waals surface area contributed by atoms with Crippen molar-refractivity contribution < 1.29 is 28.6 Å². The Labute approximate surface area is 166 Å². The van der Waals surface area contributed by atoms with E-state index < -0.39 is 12.6 Å². The molecule has 0 unspecified atom stereocenters. The van der Waals surface area contributed by atoms with Crippen LogP contribution in [0, 0.1) is 0 Å². The van der Waals surface area contributed by atoms with Gasteiger partial charge in [0.15, 0.2) is 23.9 Å². The lowest BCUT2D eigenvalue weighted by Gasteiger charge is -2.12. The van der Waals surface area contributed by atoms with Gasteiger partial charge in [0, 0.05) is 12.5 Å². The van der Waals surface area contributed by atoms with Gasteiger partial charge in [0.1, 0.15) is 0 Å². The molecule has 3 aromatic carbocycles. The molecular formula is C22H17NO6. The molecule has 0 saturated heterocycles. The second-order valence-electron chi connectivity index (χ2n) is 6.49. The van der Waals surface area contributed by atoms with Crippen LogP contribution in [0.15, 0.2) is 54.6 Å². The highest BCUT2D eigenvalue weighted by atomic mass is 16.7. The molecule has 7 nitrogen and oxygen atoms in total. The van der Waals surface area contributed by atoms with Gasteiger partial charge in [0.25, 0.3) is 0 Å². The standard InChI is InChI=1S/C22H17NO6/c1-13(24)23-18-9-15-5-3-2-4-14(15)8-17(18)22(26)27-11-19(25)16-6-7-20-21(10-16)29-12-28-20/h2-10H,11-12H2,1H3,(H,23,24). The van der Waals surface area contributed by atoms with Gasteiger partial charge in [0.2, 0.25) is 12.7 Å². The zero-order chi connectivity index (χ0) is 20.4. The molecule has 0 radical (unpaired) electrons. The van der Waals surface area contributed by atoms with E-state index in [4.69, 9.17) is 14.2 Å². The Balaban J connectivity index is 1.53. The third kappa shape index (κ3) is 3.89. The van der Waals surface area contributed by atoms with Crippen LogP contribution < -0.4 is 14.8 Å². The number of carbonyl (C=O) groups excluding carboxylic acids is 3.